The molecule has 1 amide bonds. The number of benzene rings is 1. The van der Waals surface area contributed by atoms with Crippen molar-refractivity contribution in [2.24, 2.45) is 0 Å². The molecule has 0 atom stereocenters. The quantitative estimate of drug-likeness (QED) is 0.689. The summed E-state index contributed by atoms with van der Waals surface area (Å²) in [4.78, 5) is 14.8. The molecule has 0 unspecified atom stereocenters. The lowest BCUT2D eigenvalue weighted by Crippen LogP contribution is -2.01. The Balaban J connectivity index is 1.98. The molecule has 2 N–H and O–H groups in total. The maximum Gasteiger partial charge on any atom is 0.235 e. The van der Waals surface area contributed by atoms with Gasteiger partial charge in [0, 0.05) is 24.1 Å². The summed E-state index contributed by atoms with van der Waals surface area (Å²) in [6.07, 6.45) is 3.80. The van der Waals surface area contributed by atoms with E-state index in [1.165, 1.54) is 0 Å². The highest BCUT2D eigenvalue weighted by Crippen LogP contribution is 2.22. The monoisotopic (exact) mass is 284 g/mol. The van der Waals surface area contributed by atoms with Crippen molar-refractivity contribution in [1.82, 2.24) is 19.6 Å². The number of hydrogen-bond donors (Lipinski definition) is 2. The SMILES string of the molecule is COc1cccc(Nc2nccn3c(NC=O)nnc23)c1. The van der Waals surface area contributed by atoms with E-state index in [0.717, 1.165) is 11.4 Å². The van der Waals surface area contributed by atoms with Gasteiger partial charge >= 0.3 is 0 Å². The van der Waals surface area contributed by atoms with Crippen molar-refractivity contribution in [2.45, 2.75) is 0 Å². The second kappa shape index (κ2) is 5.45. The Kier molecular flexibility index (Phi) is 3.34. The Labute approximate surface area is 119 Å². The minimum absolute atomic E-state index is 0.330. The summed E-state index contributed by atoms with van der Waals surface area (Å²) in [5, 5.41) is 13.5. The van der Waals surface area contributed by atoms with Crippen LogP contribution in [-0.2, 0) is 4.79 Å². The van der Waals surface area contributed by atoms with Gasteiger partial charge in [-0.25, -0.2) is 4.98 Å². The third-order valence-corrected chi connectivity index (χ3v) is 2.85. The zero-order valence-electron chi connectivity index (χ0n) is 11.1. The third-order valence-electron chi connectivity index (χ3n) is 2.85. The van der Waals surface area contributed by atoms with Crippen LogP contribution in [0.25, 0.3) is 5.65 Å². The summed E-state index contributed by atoms with van der Waals surface area (Å²) in [5.74, 6) is 1.59. The van der Waals surface area contributed by atoms with Crippen molar-refractivity contribution in [2.75, 3.05) is 17.7 Å². The molecule has 0 saturated heterocycles. The number of carbonyl (C=O) groups excluding carboxylic acids is 1. The van der Waals surface area contributed by atoms with Gasteiger partial charge in [0.15, 0.2) is 5.82 Å². The van der Waals surface area contributed by atoms with Gasteiger partial charge in [-0.15, -0.1) is 10.2 Å². The number of anilines is 3. The first-order chi connectivity index (χ1) is 10.3. The fourth-order valence-corrected chi connectivity index (χ4v) is 1.90. The lowest BCUT2D eigenvalue weighted by atomic mass is 10.3. The van der Waals surface area contributed by atoms with E-state index in [1.54, 1.807) is 23.9 Å². The molecule has 0 radical (unpaired) electrons. The minimum atomic E-state index is 0.330. The molecular weight excluding hydrogens is 272 g/mol. The molecule has 8 nitrogen and oxygen atoms in total. The predicted octanol–water partition coefficient (Wildman–Crippen LogP) is 1.44. The number of carbonyl (C=O) groups is 1. The van der Waals surface area contributed by atoms with Crippen LogP contribution in [-0.4, -0.2) is 33.1 Å². The van der Waals surface area contributed by atoms with E-state index in [-0.39, 0.29) is 0 Å². The van der Waals surface area contributed by atoms with Gasteiger partial charge in [0.05, 0.1) is 7.11 Å². The first kappa shape index (κ1) is 12.9. The third kappa shape index (κ3) is 2.46. The summed E-state index contributed by atoms with van der Waals surface area (Å²) in [6.45, 7) is 0. The van der Waals surface area contributed by atoms with E-state index in [1.807, 2.05) is 24.3 Å². The summed E-state index contributed by atoms with van der Waals surface area (Å²) in [7, 11) is 1.61. The largest absolute Gasteiger partial charge is 0.497 e. The number of ether oxygens (including phenoxy) is 1. The number of aromatic nitrogens is 4. The molecule has 0 aliphatic rings. The minimum Gasteiger partial charge on any atom is -0.497 e. The Morgan fingerprint density at radius 1 is 1.33 bits per heavy atom. The Morgan fingerprint density at radius 2 is 2.24 bits per heavy atom. The average molecular weight is 284 g/mol. The summed E-state index contributed by atoms with van der Waals surface area (Å²) in [6, 6.07) is 7.44. The maximum atomic E-state index is 10.5. The molecule has 106 valence electrons. The number of rotatable bonds is 5. The molecule has 1 aromatic carbocycles. The number of nitrogens with zero attached hydrogens (tertiary/aromatic N) is 4. The number of methoxy groups -OCH3 is 1. The highest BCUT2D eigenvalue weighted by atomic mass is 16.5. The molecular formula is C13H12N6O2. The molecule has 0 spiro atoms. The standard InChI is InChI=1S/C13H12N6O2/c1-21-10-4-2-3-9(7-10)16-11-12-17-18-13(15-8-20)19(12)6-5-14-11/h2-8H,1H3,(H,14,16)(H,15,18,20). The lowest BCUT2D eigenvalue weighted by Gasteiger charge is -2.08. The highest BCUT2D eigenvalue weighted by molar-refractivity contribution is 5.74. The predicted molar refractivity (Wildman–Crippen MR) is 76.7 cm³/mol. The van der Waals surface area contributed by atoms with Crippen LogP contribution in [0.3, 0.4) is 0 Å². The van der Waals surface area contributed by atoms with Gasteiger partial charge in [-0.05, 0) is 12.1 Å². The van der Waals surface area contributed by atoms with Gasteiger partial charge in [-0.1, -0.05) is 6.07 Å². The van der Waals surface area contributed by atoms with Gasteiger partial charge in [0.1, 0.15) is 5.75 Å². The first-order valence-electron chi connectivity index (χ1n) is 6.13. The van der Waals surface area contributed by atoms with Crippen LogP contribution in [0.15, 0.2) is 36.7 Å². The van der Waals surface area contributed by atoms with E-state index in [9.17, 15) is 4.79 Å². The number of nitrogens with one attached hydrogen (secondary N) is 2. The van der Waals surface area contributed by atoms with E-state index in [4.69, 9.17) is 4.74 Å². The van der Waals surface area contributed by atoms with Crippen molar-refractivity contribution in [3.63, 3.8) is 0 Å². The van der Waals surface area contributed by atoms with Gasteiger partial charge in [0.2, 0.25) is 18.0 Å². The van der Waals surface area contributed by atoms with Crippen molar-refractivity contribution < 1.29 is 9.53 Å². The number of hydrogen-bond acceptors (Lipinski definition) is 6. The Hall–Kier alpha value is -3.16. The molecule has 3 rings (SSSR count). The normalized spacial score (nSPS) is 10.3. The van der Waals surface area contributed by atoms with Gasteiger partial charge in [0.25, 0.3) is 0 Å². The first-order valence-corrected chi connectivity index (χ1v) is 6.13. The molecule has 2 aromatic heterocycles. The number of fused-ring (bicyclic) bond motifs is 1. The van der Waals surface area contributed by atoms with E-state index in [0.29, 0.717) is 23.8 Å². The van der Waals surface area contributed by atoms with E-state index >= 15 is 0 Å². The van der Waals surface area contributed by atoms with Crippen molar-refractivity contribution in [3.05, 3.63) is 36.7 Å². The van der Waals surface area contributed by atoms with E-state index in [2.05, 4.69) is 25.8 Å². The lowest BCUT2D eigenvalue weighted by molar-refractivity contribution is -0.105. The van der Waals surface area contributed by atoms with Crippen LogP contribution in [0.5, 0.6) is 5.75 Å². The van der Waals surface area contributed by atoms with Crippen LogP contribution in [0.2, 0.25) is 0 Å². The fourth-order valence-electron chi connectivity index (χ4n) is 1.90. The summed E-state index contributed by atoms with van der Waals surface area (Å²) in [5.41, 5.74) is 1.31. The topological polar surface area (TPSA) is 93.4 Å². The van der Waals surface area contributed by atoms with Gasteiger partial charge in [-0.3, -0.25) is 14.5 Å². The molecule has 0 bridgehead atoms. The molecule has 0 saturated carbocycles. The molecule has 0 aliphatic carbocycles. The molecule has 8 heteroatoms. The second-order valence-corrected chi connectivity index (χ2v) is 4.11. The van der Waals surface area contributed by atoms with Gasteiger partial charge in [-0.2, -0.15) is 0 Å². The molecule has 0 fully saturated rings. The van der Waals surface area contributed by atoms with Crippen LogP contribution in [0.1, 0.15) is 0 Å². The summed E-state index contributed by atoms with van der Waals surface area (Å²) >= 11 is 0. The van der Waals surface area contributed by atoms with Crippen LogP contribution >= 0.6 is 0 Å². The van der Waals surface area contributed by atoms with Crippen LogP contribution in [0.4, 0.5) is 17.5 Å². The average Bonchev–Trinajstić information content (AvgIpc) is 2.92. The zero-order chi connectivity index (χ0) is 14.7. The molecule has 0 aliphatic heterocycles. The van der Waals surface area contributed by atoms with Crippen molar-refractivity contribution in [3.8, 4) is 5.75 Å². The van der Waals surface area contributed by atoms with Crippen LogP contribution in [0, 0.1) is 0 Å². The highest BCUT2D eigenvalue weighted by Gasteiger charge is 2.10. The molecule has 21 heavy (non-hydrogen) atoms. The second-order valence-electron chi connectivity index (χ2n) is 4.11. The Bertz CT molecular complexity index is 785. The van der Waals surface area contributed by atoms with E-state index < -0.39 is 0 Å². The fraction of sp³-hybridized carbons (Fsp3) is 0.0769. The van der Waals surface area contributed by atoms with Crippen molar-refractivity contribution >= 4 is 29.5 Å². The van der Waals surface area contributed by atoms with Crippen molar-refractivity contribution in [1.29, 1.82) is 0 Å². The van der Waals surface area contributed by atoms with Gasteiger partial charge < -0.3 is 10.1 Å². The summed E-state index contributed by atoms with van der Waals surface area (Å²) < 4.78 is 6.80. The molecule has 3 aromatic rings. The van der Waals surface area contributed by atoms with Crippen LogP contribution < -0.4 is 15.4 Å². The molecule has 2 heterocycles. The maximum absolute atomic E-state index is 10.5. The zero-order valence-corrected chi connectivity index (χ0v) is 11.1. The Morgan fingerprint density at radius 3 is 3.05 bits per heavy atom. The number of amides is 1. The smallest absolute Gasteiger partial charge is 0.235 e.